The van der Waals surface area contributed by atoms with Crippen molar-refractivity contribution in [2.75, 3.05) is 19.8 Å². The van der Waals surface area contributed by atoms with Gasteiger partial charge >= 0.3 is 0 Å². The van der Waals surface area contributed by atoms with Crippen molar-refractivity contribution in [2.24, 2.45) is 0 Å². The van der Waals surface area contributed by atoms with Crippen molar-refractivity contribution in [3.8, 4) is 17.2 Å². The maximum atomic E-state index is 12.2. The molecule has 0 fully saturated rings. The molecule has 1 N–H and O–H groups in total. The van der Waals surface area contributed by atoms with Gasteiger partial charge in [-0.25, -0.2) is 0 Å². The minimum absolute atomic E-state index is 0.0179. The monoisotopic (exact) mass is 355 g/mol. The summed E-state index contributed by atoms with van der Waals surface area (Å²) in [5.41, 5.74) is 2.21. The number of benzene rings is 2. The summed E-state index contributed by atoms with van der Waals surface area (Å²) in [6.07, 6.45) is 0. The van der Waals surface area contributed by atoms with E-state index in [0.29, 0.717) is 24.9 Å². The number of carbonyl (C=O) groups excluding carboxylic acids is 1. The summed E-state index contributed by atoms with van der Waals surface area (Å²) < 4.78 is 16.7. The SMILES string of the molecule is CC(C)c1ccc(OCC(=O)N[C@H](C)c2ccc3c(c2)OCCO3)cc1. The minimum atomic E-state index is -0.166. The van der Waals surface area contributed by atoms with Crippen molar-refractivity contribution in [3.05, 3.63) is 53.6 Å². The average Bonchev–Trinajstić information content (AvgIpc) is 2.66. The predicted molar refractivity (Wildman–Crippen MR) is 100 cm³/mol. The molecule has 0 unspecified atom stereocenters. The van der Waals surface area contributed by atoms with E-state index in [-0.39, 0.29) is 18.6 Å². The highest BCUT2D eigenvalue weighted by atomic mass is 16.6. The van der Waals surface area contributed by atoms with E-state index in [4.69, 9.17) is 14.2 Å². The lowest BCUT2D eigenvalue weighted by molar-refractivity contribution is -0.123. The summed E-state index contributed by atoms with van der Waals surface area (Å²) in [5.74, 6) is 2.46. The summed E-state index contributed by atoms with van der Waals surface area (Å²) in [6.45, 7) is 7.30. The Morgan fingerprint density at radius 3 is 2.35 bits per heavy atom. The first kappa shape index (κ1) is 18.1. The second-order valence-corrected chi connectivity index (χ2v) is 6.70. The van der Waals surface area contributed by atoms with Gasteiger partial charge in [-0.3, -0.25) is 4.79 Å². The third-order valence-electron chi connectivity index (χ3n) is 4.36. The van der Waals surface area contributed by atoms with E-state index in [1.165, 1.54) is 5.56 Å². The number of hydrogen-bond donors (Lipinski definition) is 1. The smallest absolute Gasteiger partial charge is 0.258 e. The lowest BCUT2D eigenvalue weighted by Gasteiger charge is -2.21. The number of hydrogen-bond acceptors (Lipinski definition) is 4. The van der Waals surface area contributed by atoms with Crippen LogP contribution in [0.2, 0.25) is 0 Å². The van der Waals surface area contributed by atoms with Gasteiger partial charge in [0, 0.05) is 0 Å². The molecule has 1 heterocycles. The van der Waals surface area contributed by atoms with E-state index < -0.39 is 0 Å². The molecule has 1 aliphatic heterocycles. The third-order valence-corrected chi connectivity index (χ3v) is 4.36. The fourth-order valence-corrected chi connectivity index (χ4v) is 2.79. The van der Waals surface area contributed by atoms with Crippen molar-refractivity contribution < 1.29 is 19.0 Å². The van der Waals surface area contributed by atoms with Gasteiger partial charge in [-0.1, -0.05) is 32.0 Å². The maximum absolute atomic E-state index is 12.2. The summed E-state index contributed by atoms with van der Waals surface area (Å²) in [5, 5.41) is 2.94. The molecule has 0 radical (unpaired) electrons. The van der Waals surface area contributed by atoms with Crippen molar-refractivity contribution in [2.45, 2.75) is 32.7 Å². The molecule has 5 heteroatoms. The van der Waals surface area contributed by atoms with Crippen LogP contribution in [0.1, 0.15) is 43.9 Å². The topological polar surface area (TPSA) is 56.8 Å². The molecule has 1 aliphatic rings. The molecule has 0 aliphatic carbocycles. The van der Waals surface area contributed by atoms with Crippen LogP contribution in [0.4, 0.5) is 0 Å². The van der Waals surface area contributed by atoms with Crippen LogP contribution in [0.15, 0.2) is 42.5 Å². The molecule has 0 spiro atoms. The number of amides is 1. The Kier molecular flexibility index (Phi) is 5.66. The quantitative estimate of drug-likeness (QED) is 0.855. The zero-order valence-electron chi connectivity index (χ0n) is 15.5. The number of nitrogens with one attached hydrogen (secondary N) is 1. The largest absolute Gasteiger partial charge is 0.486 e. The molecule has 2 aromatic carbocycles. The fourth-order valence-electron chi connectivity index (χ4n) is 2.79. The Balaban J connectivity index is 1.52. The molecule has 0 aromatic heterocycles. The zero-order valence-corrected chi connectivity index (χ0v) is 15.5. The lowest BCUT2D eigenvalue weighted by atomic mass is 10.0. The Hall–Kier alpha value is -2.69. The molecule has 3 rings (SSSR count). The Morgan fingerprint density at radius 2 is 1.65 bits per heavy atom. The number of rotatable bonds is 6. The lowest BCUT2D eigenvalue weighted by Crippen LogP contribution is -2.31. The Morgan fingerprint density at radius 1 is 1.00 bits per heavy atom. The molecular formula is C21H25NO4. The van der Waals surface area contributed by atoms with Gasteiger partial charge in [-0.15, -0.1) is 0 Å². The Bertz CT molecular complexity index is 755. The fraction of sp³-hybridized carbons (Fsp3) is 0.381. The highest BCUT2D eigenvalue weighted by Crippen LogP contribution is 2.32. The number of carbonyl (C=O) groups is 1. The summed E-state index contributed by atoms with van der Waals surface area (Å²) in [4.78, 5) is 12.2. The van der Waals surface area contributed by atoms with Crippen LogP contribution < -0.4 is 19.5 Å². The van der Waals surface area contributed by atoms with Gasteiger partial charge in [0.15, 0.2) is 18.1 Å². The first-order valence-corrected chi connectivity index (χ1v) is 8.94. The third kappa shape index (κ3) is 4.48. The van der Waals surface area contributed by atoms with Crippen molar-refractivity contribution in [1.82, 2.24) is 5.32 Å². The molecule has 26 heavy (non-hydrogen) atoms. The summed E-state index contributed by atoms with van der Waals surface area (Å²) in [7, 11) is 0. The minimum Gasteiger partial charge on any atom is -0.486 e. The summed E-state index contributed by atoms with van der Waals surface area (Å²) >= 11 is 0. The summed E-state index contributed by atoms with van der Waals surface area (Å²) in [6, 6.07) is 13.4. The highest BCUT2D eigenvalue weighted by molar-refractivity contribution is 5.78. The molecule has 0 saturated carbocycles. The molecule has 2 aromatic rings. The molecule has 138 valence electrons. The van der Waals surface area contributed by atoms with Crippen LogP contribution >= 0.6 is 0 Å². The maximum Gasteiger partial charge on any atom is 0.258 e. The molecule has 1 amide bonds. The second kappa shape index (κ2) is 8.13. The van der Waals surface area contributed by atoms with Gasteiger partial charge in [0.2, 0.25) is 0 Å². The standard InChI is InChI=1S/C21H25NO4/c1-14(2)16-4-7-18(8-5-16)26-13-21(23)22-15(3)17-6-9-19-20(12-17)25-11-10-24-19/h4-9,12,14-15H,10-11,13H2,1-3H3,(H,22,23)/t15-/m1/s1. The van der Waals surface area contributed by atoms with E-state index in [0.717, 1.165) is 17.1 Å². The van der Waals surface area contributed by atoms with Crippen LogP contribution in [0.3, 0.4) is 0 Å². The van der Waals surface area contributed by atoms with E-state index in [1.54, 1.807) is 0 Å². The molecule has 0 bridgehead atoms. The zero-order chi connectivity index (χ0) is 18.5. The Labute approximate surface area is 154 Å². The van der Waals surface area contributed by atoms with Crippen LogP contribution in [0.5, 0.6) is 17.2 Å². The normalized spacial score (nSPS) is 14.0. The number of ether oxygens (including phenoxy) is 3. The van der Waals surface area contributed by atoms with Gasteiger partial charge in [-0.2, -0.15) is 0 Å². The van der Waals surface area contributed by atoms with E-state index in [9.17, 15) is 4.79 Å². The van der Waals surface area contributed by atoms with Crippen molar-refractivity contribution in [1.29, 1.82) is 0 Å². The van der Waals surface area contributed by atoms with E-state index in [1.807, 2.05) is 49.4 Å². The van der Waals surface area contributed by atoms with Gasteiger partial charge in [0.25, 0.3) is 5.91 Å². The first-order chi connectivity index (χ1) is 12.5. The van der Waals surface area contributed by atoms with Crippen LogP contribution in [0, 0.1) is 0 Å². The van der Waals surface area contributed by atoms with Crippen molar-refractivity contribution >= 4 is 5.91 Å². The molecule has 5 nitrogen and oxygen atoms in total. The predicted octanol–water partition coefficient (Wildman–Crippen LogP) is 3.84. The molecular weight excluding hydrogens is 330 g/mol. The van der Waals surface area contributed by atoms with Crippen LogP contribution in [-0.2, 0) is 4.79 Å². The van der Waals surface area contributed by atoms with Gasteiger partial charge < -0.3 is 19.5 Å². The second-order valence-electron chi connectivity index (χ2n) is 6.70. The molecule has 1 atom stereocenters. The average molecular weight is 355 g/mol. The van der Waals surface area contributed by atoms with E-state index >= 15 is 0 Å². The van der Waals surface area contributed by atoms with Crippen molar-refractivity contribution in [3.63, 3.8) is 0 Å². The molecule has 0 saturated heterocycles. The van der Waals surface area contributed by atoms with Crippen LogP contribution in [-0.4, -0.2) is 25.7 Å². The number of fused-ring (bicyclic) bond motifs is 1. The van der Waals surface area contributed by atoms with Gasteiger partial charge in [0.1, 0.15) is 19.0 Å². The van der Waals surface area contributed by atoms with Gasteiger partial charge in [0.05, 0.1) is 6.04 Å². The van der Waals surface area contributed by atoms with Crippen LogP contribution in [0.25, 0.3) is 0 Å². The highest BCUT2D eigenvalue weighted by Gasteiger charge is 2.16. The first-order valence-electron chi connectivity index (χ1n) is 8.94. The van der Waals surface area contributed by atoms with Gasteiger partial charge in [-0.05, 0) is 48.2 Å². The van der Waals surface area contributed by atoms with E-state index in [2.05, 4.69) is 19.2 Å².